The Morgan fingerprint density at radius 3 is 2.76 bits per heavy atom. The molecule has 0 spiro atoms. The summed E-state index contributed by atoms with van der Waals surface area (Å²) in [7, 11) is 1.92. The van der Waals surface area contributed by atoms with Crippen molar-refractivity contribution < 1.29 is 0 Å². The predicted molar refractivity (Wildman–Crippen MR) is 72.7 cm³/mol. The molecule has 0 radical (unpaired) electrons. The second kappa shape index (κ2) is 5.02. The first kappa shape index (κ1) is 12.3. The van der Waals surface area contributed by atoms with E-state index in [9.17, 15) is 0 Å². The normalized spacial score (nSPS) is 12.7. The van der Waals surface area contributed by atoms with Crippen LogP contribution in [0.3, 0.4) is 0 Å². The minimum absolute atomic E-state index is 0.00185. The SMILES string of the molecule is Cc1cc(Br)ccc1C(N)Cc1ccn(C)n1. The van der Waals surface area contributed by atoms with Gasteiger partial charge in [-0.05, 0) is 36.2 Å². The molecule has 4 heteroatoms. The minimum Gasteiger partial charge on any atom is -0.324 e. The Morgan fingerprint density at radius 1 is 1.41 bits per heavy atom. The van der Waals surface area contributed by atoms with Gasteiger partial charge < -0.3 is 5.73 Å². The van der Waals surface area contributed by atoms with E-state index >= 15 is 0 Å². The lowest BCUT2D eigenvalue weighted by atomic mass is 9.98. The highest BCUT2D eigenvalue weighted by Gasteiger charge is 2.11. The molecule has 2 aromatic rings. The number of hydrogen-bond donors (Lipinski definition) is 1. The van der Waals surface area contributed by atoms with Gasteiger partial charge in [0.1, 0.15) is 0 Å². The third-order valence-corrected chi connectivity index (χ3v) is 3.32. The molecule has 0 aliphatic carbocycles. The number of hydrogen-bond acceptors (Lipinski definition) is 2. The van der Waals surface area contributed by atoms with Crippen molar-refractivity contribution in [3.63, 3.8) is 0 Å². The average Bonchev–Trinajstić information content (AvgIpc) is 2.63. The van der Waals surface area contributed by atoms with Crippen LogP contribution in [-0.2, 0) is 13.5 Å². The van der Waals surface area contributed by atoms with E-state index in [1.54, 1.807) is 4.68 Å². The van der Waals surface area contributed by atoms with Crippen molar-refractivity contribution in [2.75, 3.05) is 0 Å². The first-order chi connectivity index (χ1) is 8.06. The summed E-state index contributed by atoms with van der Waals surface area (Å²) >= 11 is 3.46. The largest absolute Gasteiger partial charge is 0.324 e. The van der Waals surface area contributed by atoms with E-state index in [1.807, 2.05) is 25.4 Å². The molecule has 1 aromatic carbocycles. The van der Waals surface area contributed by atoms with Gasteiger partial charge in [-0.2, -0.15) is 5.10 Å². The highest BCUT2D eigenvalue weighted by Crippen LogP contribution is 2.22. The summed E-state index contributed by atoms with van der Waals surface area (Å²) in [4.78, 5) is 0. The quantitative estimate of drug-likeness (QED) is 0.946. The van der Waals surface area contributed by atoms with Gasteiger partial charge >= 0.3 is 0 Å². The zero-order valence-electron chi connectivity index (χ0n) is 10.0. The fourth-order valence-corrected chi connectivity index (χ4v) is 2.44. The summed E-state index contributed by atoms with van der Waals surface area (Å²) in [6.07, 6.45) is 2.71. The molecule has 90 valence electrons. The lowest BCUT2D eigenvalue weighted by Crippen LogP contribution is -2.15. The van der Waals surface area contributed by atoms with Gasteiger partial charge in [0.25, 0.3) is 0 Å². The maximum atomic E-state index is 6.22. The zero-order valence-corrected chi connectivity index (χ0v) is 11.6. The van der Waals surface area contributed by atoms with Gasteiger partial charge in [-0.1, -0.05) is 22.0 Å². The summed E-state index contributed by atoms with van der Waals surface area (Å²) in [5.41, 5.74) is 9.64. The Morgan fingerprint density at radius 2 is 2.18 bits per heavy atom. The van der Waals surface area contributed by atoms with Gasteiger partial charge in [0.05, 0.1) is 5.69 Å². The van der Waals surface area contributed by atoms with Crippen molar-refractivity contribution in [1.29, 1.82) is 0 Å². The number of aromatic nitrogens is 2. The van der Waals surface area contributed by atoms with Crippen molar-refractivity contribution in [3.05, 3.63) is 51.8 Å². The van der Waals surface area contributed by atoms with E-state index in [-0.39, 0.29) is 6.04 Å². The number of rotatable bonds is 3. The number of halogens is 1. The van der Waals surface area contributed by atoms with E-state index in [1.165, 1.54) is 11.1 Å². The van der Waals surface area contributed by atoms with E-state index in [0.717, 1.165) is 16.6 Å². The van der Waals surface area contributed by atoms with E-state index < -0.39 is 0 Å². The first-order valence-corrected chi connectivity index (χ1v) is 6.35. The van der Waals surface area contributed by atoms with Crippen LogP contribution >= 0.6 is 15.9 Å². The molecule has 2 rings (SSSR count). The number of nitrogens with two attached hydrogens (primary N) is 1. The van der Waals surface area contributed by atoms with Crippen LogP contribution in [0.1, 0.15) is 22.9 Å². The van der Waals surface area contributed by atoms with Crippen molar-refractivity contribution in [1.82, 2.24) is 9.78 Å². The molecule has 2 N–H and O–H groups in total. The summed E-state index contributed by atoms with van der Waals surface area (Å²) in [5, 5.41) is 4.35. The monoisotopic (exact) mass is 293 g/mol. The highest BCUT2D eigenvalue weighted by molar-refractivity contribution is 9.10. The summed E-state index contributed by atoms with van der Waals surface area (Å²) in [6, 6.07) is 8.20. The Balaban J connectivity index is 2.17. The molecule has 1 atom stereocenters. The van der Waals surface area contributed by atoms with Crippen molar-refractivity contribution in [3.8, 4) is 0 Å². The van der Waals surface area contributed by atoms with Gasteiger partial charge in [-0.15, -0.1) is 0 Å². The second-order valence-electron chi connectivity index (χ2n) is 4.29. The third kappa shape index (κ3) is 2.96. The Bertz CT molecular complexity index is 519. The van der Waals surface area contributed by atoms with E-state index in [2.05, 4.69) is 40.1 Å². The summed E-state index contributed by atoms with van der Waals surface area (Å²) in [5.74, 6) is 0. The predicted octanol–water partition coefficient (Wildman–Crippen LogP) is 2.73. The number of benzene rings is 1. The third-order valence-electron chi connectivity index (χ3n) is 2.83. The first-order valence-electron chi connectivity index (χ1n) is 5.56. The summed E-state index contributed by atoms with van der Waals surface area (Å²) < 4.78 is 2.89. The molecule has 0 aliphatic heterocycles. The molecule has 17 heavy (non-hydrogen) atoms. The molecule has 0 bridgehead atoms. The van der Waals surface area contributed by atoms with Crippen LogP contribution in [0, 0.1) is 6.92 Å². The van der Waals surface area contributed by atoms with Crippen LogP contribution in [0.15, 0.2) is 34.9 Å². The molecule has 0 saturated carbocycles. The smallest absolute Gasteiger partial charge is 0.0643 e. The fourth-order valence-electron chi connectivity index (χ4n) is 1.96. The second-order valence-corrected chi connectivity index (χ2v) is 5.21. The maximum absolute atomic E-state index is 6.22. The molecule has 0 saturated heterocycles. The van der Waals surface area contributed by atoms with E-state index in [0.29, 0.717) is 0 Å². The van der Waals surface area contributed by atoms with Crippen LogP contribution in [0.5, 0.6) is 0 Å². The highest BCUT2D eigenvalue weighted by atomic mass is 79.9. The van der Waals surface area contributed by atoms with Crippen LogP contribution < -0.4 is 5.73 Å². The van der Waals surface area contributed by atoms with Gasteiger partial charge in [0, 0.05) is 30.2 Å². The Labute approximate surface area is 110 Å². The molecule has 0 aliphatic rings. The molecule has 1 aromatic heterocycles. The fraction of sp³-hybridized carbons (Fsp3) is 0.308. The van der Waals surface area contributed by atoms with Crippen molar-refractivity contribution >= 4 is 15.9 Å². The van der Waals surface area contributed by atoms with Crippen LogP contribution in [-0.4, -0.2) is 9.78 Å². The van der Waals surface area contributed by atoms with Gasteiger partial charge in [0.2, 0.25) is 0 Å². The molecule has 1 unspecified atom stereocenters. The topological polar surface area (TPSA) is 43.8 Å². The lowest BCUT2D eigenvalue weighted by Gasteiger charge is -2.13. The standard InChI is InChI=1S/C13H16BrN3/c1-9-7-10(14)3-4-12(9)13(15)8-11-5-6-17(2)16-11/h3-7,13H,8,15H2,1-2H3. The van der Waals surface area contributed by atoms with Gasteiger partial charge in [-0.3, -0.25) is 4.68 Å². The molecule has 3 nitrogen and oxygen atoms in total. The van der Waals surface area contributed by atoms with Crippen molar-refractivity contribution in [2.45, 2.75) is 19.4 Å². The van der Waals surface area contributed by atoms with Crippen LogP contribution in [0.2, 0.25) is 0 Å². The van der Waals surface area contributed by atoms with Crippen molar-refractivity contribution in [2.24, 2.45) is 12.8 Å². The molecular weight excluding hydrogens is 278 g/mol. The Kier molecular flexibility index (Phi) is 3.64. The molecule has 1 heterocycles. The minimum atomic E-state index is -0.00185. The Hall–Kier alpha value is -1.13. The number of aryl methyl sites for hydroxylation is 2. The average molecular weight is 294 g/mol. The molecule has 0 fully saturated rings. The molecular formula is C13H16BrN3. The summed E-state index contributed by atoms with van der Waals surface area (Å²) in [6.45, 7) is 2.08. The molecule has 0 amide bonds. The van der Waals surface area contributed by atoms with Gasteiger partial charge in [-0.25, -0.2) is 0 Å². The van der Waals surface area contributed by atoms with Crippen LogP contribution in [0.4, 0.5) is 0 Å². The van der Waals surface area contributed by atoms with E-state index in [4.69, 9.17) is 5.73 Å². The zero-order chi connectivity index (χ0) is 12.4. The van der Waals surface area contributed by atoms with Crippen LogP contribution in [0.25, 0.3) is 0 Å². The lowest BCUT2D eigenvalue weighted by molar-refractivity contribution is 0.672. The number of nitrogens with zero attached hydrogens (tertiary/aromatic N) is 2. The maximum Gasteiger partial charge on any atom is 0.0643 e. The van der Waals surface area contributed by atoms with Gasteiger partial charge in [0.15, 0.2) is 0 Å².